The van der Waals surface area contributed by atoms with Gasteiger partial charge in [0.15, 0.2) is 6.10 Å². The molecule has 78 valence electrons. The van der Waals surface area contributed by atoms with E-state index in [1.54, 1.807) is 6.07 Å². The Balaban J connectivity index is 2.56. The topological polar surface area (TPSA) is 57.5 Å². The zero-order valence-corrected chi connectivity index (χ0v) is 8.91. The van der Waals surface area contributed by atoms with E-state index < -0.39 is 12.1 Å². The van der Waals surface area contributed by atoms with Crippen molar-refractivity contribution in [1.82, 2.24) is 0 Å². The van der Waals surface area contributed by atoms with Crippen LogP contribution < -0.4 is 0 Å². The molecule has 1 unspecified atom stereocenters. The number of aliphatic carboxylic acids is 1. The van der Waals surface area contributed by atoms with Crippen LogP contribution in [-0.4, -0.2) is 16.2 Å². The maximum atomic E-state index is 10.6. The largest absolute Gasteiger partial charge is 0.479 e. The fraction of sp³-hybridized carbons (Fsp3) is 0.182. The number of carboxylic acids is 1. The molecule has 0 aliphatic heterocycles. The highest BCUT2D eigenvalue weighted by Crippen LogP contribution is 2.31. The third kappa shape index (κ3) is 1.73. The number of aliphatic hydroxyl groups excluding tert-OH is 1. The van der Waals surface area contributed by atoms with Crippen molar-refractivity contribution in [2.24, 2.45) is 0 Å². The van der Waals surface area contributed by atoms with Crippen molar-refractivity contribution < 1.29 is 15.0 Å². The van der Waals surface area contributed by atoms with Crippen molar-refractivity contribution in [3.05, 3.63) is 34.7 Å². The summed E-state index contributed by atoms with van der Waals surface area (Å²) in [5.74, 6) is -1.21. The number of carboxylic acid groups (broad SMARTS) is 1. The van der Waals surface area contributed by atoms with Gasteiger partial charge in [0.25, 0.3) is 0 Å². The van der Waals surface area contributed by atoms with Gasteiger partial charge < -0.3 is 10.2 Å². The van der Waals surface area contributed by atoms with Gasteiger partial charge in [-0.3, -0.25) is 0 Å². The van der Waals surface area contributed by atoms with Crippen LogP contribution in [0.1, 0.15) is 16.5 Å². The van der Waals surface area contributed by atoms with Gasteiger partial charge in [-0.15, -0.1) is 11.3 Å². The molecule has 0 aliphatic carbocycles. The second kappa shape index (κ2) is 3.64. The van der Waals surface area contributed by atoms with Crippen LogP contribution in [-0.2, 0) is 4.79 Å². The fourth-order valence-corrected chi connectivity index (χ4v) is 2.60. The number of benzene rings is 1. The second-order valence-electron chi connectivity index (χ2n) is 3.38. The van der Waals surface area contributed by atoms with E-state index in [-0.39, 0.29) is 0 Å². The molecule has 2 N–H and O–H groups in total. The highest BCUT2D eigenvalue weighted by molar-refractivity contribution is 7.19. The van der Waals surface area contributed by atoms with Crippen molar-refractivity contribution in [2.75, 3.05) is 0 Å². The van der Waals surface area contributed by atoms with Crippen LogP contribution in [0.4, 0.5) is 0 Å². The molecule has 0 saturated heterocycles. The van der Waals surface area contributed by atoms with Gasteiger partial charge in [-0.2, -0.15) is 0 Å². The smallest absolute Gasteiger partial charge is 0.338 e. The van der Waals surface area contributed by atoms with E-state index in [0.29, 0.717) is 4.88 Å². The van der Waals surface area contributed by atoms with E-state index in [1.807, 2.05) is 25.1 Å². The first-order valence-electron chi connectivity index (χ1n) is 4.49. The van der Waals surface area contributed by atoms with E-state index in [2.05, 4.69) is 0 Å². The highest BCUT2D eigenvalue weighted by Gasteiger charge is 2.18. The number of thiophene rings is 1. The average Bonchev–Trinajstić information content (AvgIpc) is 2.61. The van der Waals surface area contributed by atoms with Gasteiger partial charge >= 0.3 is 5.97 Å². The van der Waals surface area contributed by atoms with Crippen LogP contribution in [0, 0.1) is 6.92 Å². The summed E-state index contributed by atoms with van der Waals surface area (Å²) >= 11 is 1.32. The zero-order valence-electron chi connectivity index (χ0n) is 8.10. The van der Waals surface area contributed by atoms with Crippen LogP contribution in [0.3, 0.4) is 0 Å². The summed E-state index contributed by atoms with van der Waals surface area (Å²) in [5, 5.41) is 19.1. The summed E-state index contributed by atoms with van der Waals surface area (Å²) in [6, 6.07) is 7.55. The molecule has 0 fully saturated rings. The van der Waals surface area contributed by atoms with E-state index in [4.69, 9.17) is 5.11 Å². The first kappa shape index (κ1) is 10.1. The lowest BCUT2D eigenvalue weighted by Gasteiger charge is -1.99. The molecule has 1 aromatic heterocycles. The summed E-state index contributed by atoms with van der Waals surface area (Å²) in [6.07, 6.45) is -1.42. The maximum Gasteiger partial charge on any atom is 0.338 e. The molecule has 0 amide bonds. The minimum atomic E-state index is -1.42. The van der Waals surface area contributed by atoms with Crippen LogP contribution in [0.25, 0.3) is 10.1 Å². The number of hydrogen-bond donors (Lipinski definition) is 2. The van der Waals surface area contributed by atoms with Crippen LogP contribution in [0.2, 0.25) is 0 Å². The summed E-state index contributed by atoms with van der Waals surface area (Å²) in [5.41, 5.74) is 1.09. The molecule has 0 radical (unpaired) electrons. The molecule has 1 heterocycles. The molecule has 2 rings (SSSR count). The quantitative estimate of drug-likeness (QED) is 0.819. The molecule has 1 atom stereocenters. The summed E-state index contributed by atoms with van der Waals surface area (Å²) in [7, 11) is 0. The molecule has 4 heteroatoms. The lowest BCUT2D eigenvalue weighted by Crippen LogP contribution is -2.08. The van der Waals surface area contributed by atoms with Crippen LogP contribution >= 0.6 is 11.3 Å². The van der Waals surface area contributed by atoms with E-state index in [9.17, 15) is 9.90 Å². The lowest BCUT2D eigenvalue weighted by atomic mass is 10.1. The molecule has 0 saturated carbocycles. The summed E-state index contributed by atoms with van der Waals surface area (Å²) in [6.45, 7) is 1.96. The van der Waals surface area contributed by atoms with E-state index >= 15 is 0 Å². The van der Waals surface area contributed by atoms with Crippen molar-refractivity contribution in [3.63, 3.8) is 0 Å². The molecular weight excluding hydrogens is 212 g/mol. The molecule has 0 aliphatic rings. The summed E-state index contributed by atoms with van der Waals surface area (Å²) in [4.78, 5) is 11.1. The lowest BCUT2D eigenvalue weighted by molar-refractivity contribution is -0.146. The van der Waals surface area contributed by atoms with Crippen molar-refractivity contribution in [2.45, 2.75) is 13.0 Å². The summed E-state index contributed by atoms with van der Waals surface area (Å²) < 4.78 is 1.00. The number of hydrogen-bond acceptors (Lipinski definition) is 3. The Kier molecular flexibility index (Phi) is 2.46. The minimum Gasteiger partial charge on any atom is -0.479 e. The van der Waals surface area contributed by atoms with Gasteiger partial charge in [-0.25, -0.2) is 4.79 Å². The highest BCUT2D eigenvalue weighted by atomic mass is 32.1. The second-order valence-corrected chi connectivity index (χ2v) is 4.49. The molecular formula is C11H10O3S. The Morgan fingerprint density at radius 3 is 2.80 bits per heavy atom. The van der Waals surface area contributed by atoms with Crippen molar-refractivity contribution in [3.8, 4) is 0 Å². The predicted molar refractivity (Wildman–Crippen MR) is 59.2 cm³/mol. The predicted octanol–water partition coefficient (Wildman–Crippen LogP) is 2.33. The van der Waals surface area contributed by atoms with Gasteiger partial charge in [-0.1, -0.05) is 12.1 Å². The van der Waals surface area contributed by atoms with Gasteiger partial charge in [0, 0.05) is 9.58 Å². The third-order valence-corrected chi connectivity index (χ3v) is 3.45. The number of carbonyl (C=O) groups is 1. The normalized spacial score (nSPS) is 12.9. The van der Waals surface area contributed by atoms with Crippen LogP contribution in [0.15, 0.2) is 24.3 Å². The molecule has 0 spiro atoms. The molecule has 0 bridgehead atoms. The standard InChI is InChI=1S/C11H10O3S/c1-6-3-2-4-8-7(6)5-9(15-8)10(12)11(13)14/h2-5,10,12H,1H3,(H,13,14). The van der Waals surface area contributed by atoms with Gasteiger partial charge in [0.1, 0.15) is 0 Å². The van der Waals surface area contributed by atoms with Gasteiger partial charge in [0.2, 0.25) is 0 Å². The van der Waals surface area contributed by atoms with Gasteiger partial charge in [0.05, 0.1) is 0 Å². The molecule has 15 heavy (non-hydrogen) atoms. The minimum absolute atomic E-state index is 0.479. The number of rotatable bonds is 2. The average molecular weight is 222 g/mol. The first-order valence-corrected chi connectivity index (χ1v) is 5.31. The Bertz CT molecular complexity index is 516. The Labute approximate surface area is 90.6 Å². The number of aryl methyl sites for hydroxylation is 1. The van der Waals surface area contributed by atoms with Crippen molar-refractivity contribution >= 4 is 27.4 Å². The number of aliphatic hydroxyl groups is 1. The van der Waals surface area contributed by atoms with Crippen molar-refractivity contribution in [1.29, 1.82) is 0 Å². The van der Waals surface area contributed by atoms with E-state index in [1.165, 1.54) is 11.3 Å². The van der Waals surface area contributed by atoms with Gasteiger partial charge in [-0.05, 0) is 30.0 Å². The Morgan fingerprint density at radius 1 is 1.47 bits per heavy atom. The third-order valence-electron chi connectivity index (χ3n) is 2.30. The Morgan fingerprint density at radius 2 is 2.20 bits per heavy atom. The SMILES string of the molecule is Cc1cccc2sc(C(O)C(=O)O)cc12. The maximum absolute atomic E-state index is 10.6. The zero-order chi connectivity index (χ0) is 11.0. The molecule has 2 aromatic rings. The molecule has 3 nitrogen and oxygen atoms in total. The van der Waals surface area contributed by atoms with E-state index in [0.717, 1.165) is 15.6 Å². The van der Waals surface area contributed by atoms with Crippen LogP contribution in [0.5, 0.6) is 0 Å². The first-order chi connectivity index (χ1) is 7.09. The monoisotopic (exact) mass is 222 g/mol. The molecule has 1 aromatic carbocycles. The fourth-order valence-electron chi connectivity index (χ4n) is 1.48. The number of fused-ring (bicyclic) bond motifs is 1. The Hall–Kier alpha value is -1.39.